The lowest BCUT2D eigenvalue weighted by Crippen LogP contribution is -2.09. The van der Waals surface area contributed by atoms with E-state index in [9.17, 15) is 9.90 Å². The van der Waals surface area contributed by atoms with Crippen LogP contribution in [0.15, 0.2) is 10.5 Å². The Morgan fingerprint density at radius 3 is 2.59 bits per heavy atom. The number of methoxy groups -OCH3 is 2. The normalized spacial score (nSPS) is 10.1. The van der Waals surface area contributed by atoms with Crippen molar-refractivity contribution in [2.45, 2.75) is 6.42 Å². The first-order valence-electron chi connectivity index (χ1n) is 4.93. The summed E-state index contributed by atoms with van der Waals surface area (Å²) in [5.41, 5.74) is 5.48. The maximum atomic E-state index is 11.8. The van der Waals surface area contributed by atoms with Gasteiger partial charge in [-0.15, -0.1) is 0 Å². The molecule has 0 aliphatic carbocycles. The van der Waals surface area contributed by atoms with E-state index in [4.69, 9.17) is 15.2 Å². The maximum absolute atomic E-state index is 11.8. The van der Waals surface area contributed by atoms with Gasteiger partial charge in [-0.3, -0.25) is 4.79 Å². The molecule has 6 heteroatoms. The van der Waals surface area contributed by atoms with Crippen molar-refractivity contribution in [3.63, 3.8) is 0 Å². The average molecular weight is 304 g/mol. The van der Waals surface area contributed by atoms with Crippen molar-refractivity contribution in [3.05, 3.63) is 16.1 Å². The first-order chi connectivity index (χ1) is 8.06. The van der Waals surface area contributed by atoms with E-state index in [2.05, 4.69) is 15.9 Å². The quantitative estimate of drug-likeness (QED) is 0.809. The molecule has 0 aliphatic rings. The Kier molecular flexibility index (Phi) is 4.77. The lowest BCUT2D eigenvalue weighted by Gasteiger charge is -2.13. The zero-order valence-corrected chi connectivity index (χ0v) is 11.2. The summed E-state index contributed by atoms with van der Waals surface area (Å²) in [6, 6.07) is 1.57. The summed E-state index contributed by atoms with van der Waals surface area (Å²) in [6.45, 7) is 0.221. The van der Waals surface area contributed by atoms with Crippen LogP contribution in [0.1, 0.15) is 16.8 Å². The molecule has 17 heavy (non-hydrogen) atoms. The first kappa shape index (κ1) is 13.8. The molecule has 5 nitrogen and oxygen atoms in total. The number of hydrogen-bond donors (Lipinski definition) is 2. The molecule has 0 unspecified atom stereocenters. The topological polar surface area (TPSA) is 81.8 Å². The van der Waals surface area contributed by atoms with Crippen LogP contribution in [0.25, 0.3) is 0 Å². The summed E-state index contributed by atoms with van der Waals surface area (Å²) < 4.78 is 10.5. The molecule has 0 saturated heterocycles. The Balaban J connectivity index is 3.36. The Morgan fingerprint density at radius 1 is 1.47 bits per heavy atom. The number of halogens is 1. The monoisotopic (exact) mass is 303 g/mol. The number of rotatable bonds is 5. The molecule has 0 fully saturated rings. The van der Waals surface area contributed by atoms with Gasteiger partial charge < -0.3 is 20.3 Å². The highest BCUT2D eigenvalue weighted by molar-refractivity contribution is 9.10. The predicted octanol–water partition coefficient (Wildman–Crippen LogP) is 1.70. The number of nitrogens with two attached hydrogens (primary N) is 1. The molecule has 0 aliphatic heterocycles. The van der Waals surface area contributed by atoms with Gasteiger partial charge in [0.05, 0.1) is 19.8 Å². The van der Waals surface area contributed by atoms with Crippen LogP contribution in [-0.2, 0) is 0 Å². The number of carbonyl (C=O) groups excluding carboxylic acids is 1. The van der Waals surface area contributed by atoms with Crippen LogP contribution in [0.3, 0.4) is 0 Å². The highest BCUT2D eigenvalue weighted by Gasteiger charge is 2.22. The van der Waals surface area contributed by atoms with E-state index in [-0.39, 0.29) is 35.8 Å². The molecule has 0 bridgehead atoms. The third-order valence-corrected chi connectivity index (χ3v) is 2.87. The number of phenolic OH excluding ortho intramolecular Hbond substituents is 1. The van der Waals surface area contributed by atoms with Gasteiger partial charge in [0.15, 0.2) is 17.3 Å². The van der Waals surface area contributed by atoms with Gasteiger partial charge in [-0.1, -0.05) is 0 Å². The number of hydrogen-bond acceptors (Lipinski definition) is 5. The van der Waals surface area contributed by atoms with E-state index in [1.165, 1.54) is 14.2 Å². The van der Waals surface area contributed by atoms with Gasteiger partial charge >= 0.3 is 0 Å². The number of Topliss-reactive ketones (excluding diaryl/α,β-unsaturated/α-hetero) is 1. The van der Waals surface area contributed by atoms with Crippen molar-refractivity contribution in [2.24, 2.45) is 5.73 Å². The van der Waals surface area contributed by atoms with Gasteiger partial charge in [-0.25, -0.2) is 0 Å². The molecule has 0 amide bonds. The SMILES string of the molecule is COc1cc(Br)c(C(=O)CCN)c(O)c1OC. The second-order valence-electron chi connectivity index (χ2n) is 3.28. The van der Waals surface area contributed by atoms with Gasteiger partial charge in [0, 0.05) is 10.9 Å². The maximum Gasteiger partial charge on any atom is 0.203 e. The number of benzene rings is 1. The molecule has 1 aromatic rings. The third kappa shape index (κ3) is 2.70. The van der Waals surface area contributed by atoms with Gasteiger partial charge in [0.25, 0.3) is 0 Å². The molecule has 0 radical (unpaired) electrons. The van der Waals surface area contributed by atoms with Crippen LogP contribution in [-0.4, -0.2) is 31.7 Å². The second-order valence-corrected chi connectivity index (χ2v) is 4.13. The summed E-state index contributed by atoms with van der Waals surface area (Å²) in [7, 11) is 2.84. The van der Waals surface area contributed by atoms with Gasteiger partial charge in [-0.05, 0) is 28.5 Å². The Labute approximate surface area is 108 Å². The molecule has 0 aromatic heterocycles. The van der Waals surface area contributed by atoms with Crippen LogP contribution in [0, 0.1) is 0 Å². The third-order valence-electron chi connectivity index (χ3n) is 2.25. The lowest BCUT2D eigenvalue weighted by atomic mass is 10.1. The standard InChI is InChI=1S/C11H14BrNO4/c1-16-8-5-6(12)9(7(14)3-4-13)10(15)11(8)17-2/h5,15H,3-4,13H2,1-2H3. The van der Waals surface area contributed by atoms with Crippen LogP contribution in [0.5, 0.6) is 17.2 Å². The zero-order valence-electron chi connectivity index (χ0n) is 9.62. The molecule has 1 aromatic carbocycles. The van der Waals surface area contributed by atoms with Gasteiger partial charge in [0.2, 0.25) is 5.75 Å². The second kappa shape index (κ2) is 5.88. The van der Waals surface area contributed by atoms with Crippen LogP contribution >= 0.6 is 15.9 Å². The minimum Gasteiger partial charge on any atom is -0.504 e. The lowest BCUT2D eigenvalue weighted by molar-refractivity contribution is 0.0981. The summed E-state index contributed by atoms with van der Waals surface area (Å²) >= 11 is 3.22. The fourth-order valence-corrected chi connectivity index (χ4v) is 2.08. The Morgan fingerprint density at radius 2 is 2.12 bits per heavy atom. The molecule has 0 heterocycles. The van der Waals surface area contributed by atoms with Crippen LogP contribution in [0.4, 0.5) is 0 Å². The highest BCUT2D eigenvalue weighted by atomic mass is 79.9. The number of carbonyl (C=O) groups is 1. The van der Waals surface area contributed by atoms with Crippen molar-refractivity contribution < 1.29 is 19.4 Å². The molecular formula is C11H14BrNO4. The van der Waals surface area contributed by atoms with Crippen molar-refractivity contribution in [1.29, 1.82) is 0 Å². The predicted molar refractivity (Wildman–Crippen MR) is 66.9 cm³/mol. The summed E-state index contributed by atoms with van der Waals surface area (Å²) in [6.07, 6.45) is 0.154. The van der Waals surface area contributed by atoms with E-state index in [1.54, 1.807) is 6.07 Å². The number of aromatic hydroxyl groups is 1. The summed E-state index contributed by atoms with van der Waals surface area (Å²) in [5, 5.41) is 9.98. The largest absolute Gasteiger partial charge is 0.504 e. The van der Waals surface area contributed by atoms with Crippen LogP contribution < -0.4 is 15.2 Å². The fraction of sp³-hybridized carbons (Fsp3) is 0.364. The van der Waals surface area contributed by atoms with Crippen molar-refractivity contribution >= 4 is 21.7 Å². The average Bonchev–Trinajstić information content (AvgIpc) is 2.28. The van der Waals surface area contributed by atoms with Crippen molar-refractivity contribution in [3.8, 4) is 17.2 Å². The van der Waals surface area contributed by atoms with E-state index < -0.39 is 0 Å². The minimum atomic E-state index is -0.252. The smallest absolute Gasteiger partial charge is 0.203 e. The van der Waals surface area contributed by atoms with Gasteiger partial charge in [-0.2, -0.15) is 0 Å². The van der Waals surface area contributed by atoms with E-state index >= 15 is 0 Å². The summed E-state index contributed by atoms with van der Waals surface area (Å²) in [4.78, 5) is 11.8. The molecule has 0 saturated carbocycles. The van der Waals surface area contributed by atoms with E-state index in [0.717, 1.165) is 0 Å². The number of phenols is 1. The Hall–Kier alpha value is -1.27. The molecular weight excluding hydrogens is 290 g/mol. The zero-order chi connectivity index (χ0) is 13.0. The van der Waals surface area contributed by atoms with Crippen molar-refractivity contribution in [1.82, 2.24) is 0 Å². The number of ketones is 1. The number of ether oxygens (including phenoxy) is 2. The molecule has 1 rings (SSSR count). The highest BCUT2D eigenvalue weighted by Crippen LogP contribution is 2.43. The molecule has 3 N–H and O–H groups in total. The Bertz CT molecular complexity index is 434. The molecule has 0 spiro atoms. The fourth-order valence-electron chi connectivity index (χ4n) is 1.47. The first-order valence-corrected chi connectivity index (χ1v) is 5.72. The van der Waals surface area contributed by atoms with Crippen LogP contribution in [0.2, 0.25) is 0 Å². The van der Waals surface area contributed by atoms with E-state index in [0.29, 0.717) is 10.2 Å². The van der Waals surface area contributed by atoms with E-state index in [1.807, 2.05) is 0 Å². The van der Waals surface area contributed by atoms with Gasteiger partial charge in [0.1, 0.15) is 0 Å². The summed E-state index contributed by atoms with van der Waals surface area (Å²) in [5.74, 6) is -0.00718. The molecule has 0 atom stereocenters. The van der Waals surface area contributed by atoms with Crippen molar-refractivity contribution in [2.75, 3.05) is 20.8 Å². The minimum absolute atomic E-state index is 0.135. The molecule has 94 valence electrons.